The number of halogens is 3. The van der Waals surface area contributed by atoms with Gasteiger partial charge in [0.25, 0.3) is 0 Å². The lowest BCUT2D eigenvalue weighted by Crippen LogP contribution is -2.29. The Morgan fingerprint density at radius 2 is 1.87 bits per heavy atom. The van der Waals surface area contributed by atoms with E-state index in [2.05, 4.69) is 4.98 Å². The second-order valence-electron chi connectivity index (χ2n) is 7.58. The Kier molecular flexibility index (Phi) is 4.85. The molecule has 0 spiro atoms. The minimum Gasteiger partial charge on any atom is -0.477 e. The number of fused-ring (bicyclic) bond motifs is 1. The van der Waals surface area contributed by atoms with Gasteiger partial charge in [0.1, 0.15) is 17.2 Å². The van der Waals surface area contributed by atoms with Gasteiger partial charge in [-0.2, -0.15) is 0 Å². The molecule has 0 bridgehead atoms. The minimum absolute atomic E-state index is 0.0582. The molecule has 3 aromatic rings. The highest BCUT2D eigenvalue weighted by Gasteiger charge is 2.30. The Bertz CT molecular complexity index is 1280. The van der Waals surface area contributed by atoms with Gasteiger partial charge in [0, 0.05) is 31.4 Å². The second-order valence-corrected chi connectivity index (χ2v) is 7.58. The van der Waals surface area contributed by atoms with Crippen LogP contribution in [-0.2, 0) is 0 Å². The number of carboxylic acids is 1. The summed E-state index contributed by atoms with van der Waals surface area (Å²) in [6.45, 7) is 2.62. The standard InChI is InChI=1S/C20H18F3N5O3/c1-8-5-27(7-15(8)25)19-13(23)2-9-17(29)10(20(30)31)6-28(18(9)26-19)16-4-14(24)11(21)3-12(16)22/h2-4,6,8,15H,5,7,24-25H2,1H3,(H,30,31)/t8-,15+/m0/s1. The summed E-state index contributed by atoms with van der Waals surface area (Å²) < 4.78 is 44.1. The molecular formula is C20H18F3N5O3. The van der Waals surface area contributed by atoms with Crippen LogP contribution < -0.4 is 21.8 Å². The molecule has 2 aromatic heterocycles. The molecule has 0 amide bonds. The van der Waals surface area contributed by atoms with E-state index in [9.17, 15) is 27.9 Å². The lowest BCUT2D eigenvalue weighted by molar-refractivity contribution is 0.0695. The molecule has 2 atom stereocenters. The molecule has 5 N–H and O–H groups in total. The third kappa shape index (κ3) is 3.36. The van der Waals surface area contributed by atoms with Gasteiger partial charge < -0.3 is 21.5 Å². The SMILES string of the molecule is C[C@H]1CN(c2nc3c(cc2F)c(=O)c(C(=O)O)cn3-c2cc(N)c(F)cc2F)C[C@H]1N. The van der Waals surface area contributed by atoms with Gasteiger partial charge in [-0.3, -0.25) is 9.36 Å². The number of aromatic carboxylic acids is 1. The van der Waals surface area contributed by atoms with Crippen LogP contribution in [0.15, 0.2) is 29.2 Å². The Morgan fingerprint density at radius 1 is 1.16 bits per heavy atom. The highest BCUT2D eigenvalue weighted by atomic mass is 19.1. The summed E-state index contributed by atoms with van der Waals surface area (Å²) in [5.41, 5.74) is 8.88. The Balaban J connectivity index is 2.05. The quantitative estimate of drug-likeness (QED) is 0.538. The van der Waals surface area contributed by atoms with E-state index in [4.69, 9.17) is 11.5 Å². The van der Waals surface area contributed by atoms with Crippen molar-refractivity contribution in [3.8, 4) is 5.69 Å². The van der Waals surface area contributed by atoms with Crippen molar-refractivity contribution in [3.05, 3.63) is 57.6 Å². The summed E-state index contributed by atoms with van der Waals surface area (Å²) in [4.78, 5) is 30.0. The van der Waals surface area contributed by atoms with Gasteiger partial charge in [0.2, 0.25) is 5.43 Å². The van der Waals surface area contributed by atoms with Crippen molar-refractivity contribution < 1.29 is 23.1 Å². The van der Waals surface area contributed by atoms with Crippen LogP contribution in [0.4, 0.5) is 24.7 Å². The maximum Gasteiger partial charge on any atom is 0.341 e. The Labute approximate surface area is 173 Å². The highest BCUT2D eigenvalue weighted by Crippen LogP contribution is 2.29. The molecule has 0 aliphatic carbocycles. The molecule has 4 rings (SSSR count). The average Bonchev–Trinajstić information content (AvgIpc) is 3.03. The predicted octanol–water partition coefficient (Wildman–Crippen LogP) is 1.87. The zero-order valence-electron chi connectivity index (χ0n) is 16.3. The molecule has 1 aliphatic rings. The summed E-state index contributed by atoms with van der Waals surface area (Å²) in [5, 5.41) is 9.02. The van der Waals surface area contributed by atoms with E-state index < -0.39 is 40.1 Å². The van der Waals surface area contributed by atoms with Gasteiger partial charge >= 0.3 is 5.97 Å². The van der Waals surface area contributed by atoms with E-state index in [1.54, 1.807) is 4.90 Å². The van der Waals surface area contributed by atoms with E-state index in [0.29, 0.717) is 19.2 Å². The fourth-order valence-electron chi connectivity index (χ4n) is 3.68. The van der Waals surface area contributed by atoms with E-state index in [0.717, 1.165) is 22.9 Å². The van der Waals surface area contributed by atoms with Crippen molar-refractivity contribution >= 4 is 28.5 Å². The molecule has 1 aromatic carbocycles. The number of rotatable bonds is 3. The van der Waals surface area contributed by atoms with Crippen molar-refractivity contribution in [2.24, 2.45) is 11.7 Å². The lowest BCUT2D eigenvalue weighted by Gasteiger charge is -2.20. The molecule has 162 valence electrons. The molecule has 0 unspecified atom stereocenters. The van der Waals surface area contributed by atoms with Crippen LogP contribution in [0.25, 0.3) is 16.7 Å². The maximum atomic E-state index is 14.9. The number of nitrogens with two attached hydrogens (primary N) is 2. The number of pyridine rings is 2. The van der Waals surface area contributed by atoms with Crippen molar-refractivity contribution in [3.63, 3.8) is 0 Å². The van der Waals surface area contributed by atoms with Crippen LogP contribution in [-0.4, -0.2) is 39.8 Å². The number of hydrogen-bond donors (Lipinski definition) is 3. The summed E-state index contributed by atoms with van der Waals surface area (Å²) in [6, 6.07) is 2.12. The van der Waals surface area contributed by atoms with Crippen LogP contribution in [0.2, 0.25) is 0 Å². The molecule has 31 heavy (non-hydrogen) atoms. The molecule has 0 saturated carbocycles. The first-order valence-electron chi connectivity index (χ1n) is 9.33. The molecule has 11 heteroatoms. The van der Waals surface area contributed by atoms with Crippen molar-refractivity contribution in [2.75, 3.05) is 23.7 Å². The molecular weight excluding hydrogens is 415 g/mol. The fraction of sp³-hybridized carbons (Fsp3) is 0.250. The zero-order chi connectivity index (χ0) is 22.6. The number of aromatic nitrogens is 2. The van der Waals surface area contributed by atoms with Gasteiger partial charge in [-0.15, -0.1) is 0 Å². The van der Waals surface area contributed by atoms with Gasteiger partial charge in [0.15, 0.2) is 17.3 Å². The van der Waals surface area contributed by atoms with E-state index >= 15 is 0 Å². The number of anilines is 2. The smallest absolute Gasteiger partial charge is 0.341 e. The van der Waals surface area contributed by atoms with Crippen molar-refractivity contribution in [2.45, 2.75) is 13.0 Å². The van der Waals surface area contributed by atoms with Gasteiger partial charge in [0.05, 0.1) is 16.8 Å². The lowest BCUT2D eigenvalue weighted by atomic mass is 10.1. The largest absolute Gasteiger partial charge is 0.477 e. The van der Waals surface area contributed by atoms with Crippen LogP contribution in [0.1, 0.15) is 17.3 Å². The number of nitrogen functional groups attached to an aromatic ring is 1. The zero-order valence-corrected chi connectivity index (χ0v) is 16.3. The van der Waals surface area contributed by atoms with Crippen molar-refractivity contribution in [1.29, 1.82) is 0 Å². The molecule has 3 heterocycles. The van der Waals surface area contributed by atoms with E-state index in [-0.39, 0.29) is 34.5 Å². The number of benzene rings is 1. The summed E-state index contributed by atoms with van der Waals surface area (Å²) in [7, 11) is 0. The normalized spacial score (nSPS) is 18.7. The van der Waals surface area contributed by atoms with Crippen LogP contribution in [0, 0.1) is 23.4 Å². The van der Waals surface area contributed by atoms with E-state index in [1.165, 1.54) is 0 Å². The monoisotopic (exact) mass is 433 g/mol. The molecule has 0 radical (unpaired) electrons. The van der Waals surface area contributed by atoms with Crippen LogP contribution in [0.5, 0.6) is 0 Å². The van der Waals surface area contributed by atoms with Crippen LogP contribution >= 0.6 is 0 Å². The third-order valence-corrected chi connectivity index (χ3v) is 5.44. The minimum atomic E-state index is -1.60. The first-order chi connectivity index (χ1) is 14.6. The number of nitrogens with zero attached hydrogens (tertiary/aromatic N) is 3. The summed E-state index contributed by atoms with van der Waals surface area (Å²) in [5.74, 6) is -4.58. The number of carbonyl (C=O) groups is 1. The average molecular weight is 433 g/mol. The third-order valence-electron chi connectivity index (χ3n) is 5.44. The summed E-state index contributed by atoms with van der Waals surface area (Å²) in [6.07, 6.45) is 0.857. The first-order valence-corrected chi connectivity index (χ1v) is 9.33. The Hall–Kier alpha value is -3.60. The van der Waals surface area contributed by atoms with Gasteiger partial charge in [-0.1, -0.05) is 6.92 Å². The molecule has 1 saturated heterocycles. The van der Waals surface area contributed by atoms with E-state index in [1.807, 2.05) is 6.92 Å². The highest BCUT2D eigenvalue weighted by molar-refractivity contribution is 5.92. The van der Waals surface area contributed by atoms with Gasteiger partial charge in [-0.25, -0.2) is 22.9 Å². The second kappa shape index (κ2) is 7.27. The fourth-order valence-corrected chi connectivity index (χ4v) is 3.68. The molecule has 1 aliphatic heterocycles. The predicted molar refractivity (Wildman–Crippen MR) is 108 cm³/mol. The number of hydrogen-bond acceptors (Lipinski definition) is 6. The number of carboxylic acid groups (broad SMARTS) is 1. The summed E-state index contributed by atoms with van der Waals surface area (Å²) >= 11 is 0. The van der Waals surface area contributed by atoms with Gasteiger partial charge in [-0.05, 0) is 18.1 Å². The Morgan fingerprint density at radius 3 is 2.48 bits per heavy atom. The first kappa shape index (κ1) is 20.7. The maximum absolute atomic E-state index is 14.9. The molecule has 1 fully saturated rings. The van der Waals surface area contributed by atoms with Crippen LogP contribution in [0.3, 0.4) is 0 Å². The topological polar surface area (TPSA) is 127 Å². The van der Waals surface area contributed by atoms with Crippen molar-refractivity contribution in [1.82, 2.24) is 9.55 Å². The molecule has 8 nitrogen and oxygen atoms in total.